The van der Waals surface area contributed by atoms with E-state index >= 15 is 0 Å². The summed E-state index contributed by atoms with van der Waals surface area (Å²) in [5.74, 6) is 0.915. The normalized spacial score (nSPS) is 13.3. The Hall–Kier alpha value is -3.91. The van der Waals surface area contributed by atoms with Crippen LogP contribution in [0.25, 0.3) is 0 Å². The van der Waals surface area contributed by atoms with Crippen molar-refractivity contribution in [2.75, 3.05) is 18.5 Å². The Balaban J connectivity index is 1.22. The van der Waals surface area contributed by atoms with Crippen LogP contribution in [0.1, 0.15) is 52.8 Å². The zero-order valence-corrected chi connectivity index (χ0v) is 21.4. The minimum atomic E-state index is -0.355. The van der Waals surface area contributed by atoms with Crippen LogP contribution in [-0.2, 0) is 0 Å². The Morgan fingerprint density at radius 2 is 1.43 bits per heavy atom. The molecule has 0 radical (unpaired) electrons. The fourth-order valence-corrected chi connectivity index (χ4v) is 4.33. The van der Waals surface area contributed by atoms with Gasteiger partial charge in [0, 0.05) is 22.9 Å². The minimum absolute atomic E-state index is 0.0666. The van der Waals surface area contributed by atoms with E-state index in [2.05, 4.69) is 16.0 Å². The average molecular weight is 518 g/mol. The van der Waals surface area contributed by atoms with Crippen molar-refractivity contribution in [2.45, 2.75) is 38.1 Å². The van der Waals surface area contributed by atoms with E-state index in [1.807, 2.05) is 30.3 Å². The molecule has 192 valence electrons. The van der Waals surface area contributed by atoms with E-state index in [-0.39, 0.29) is 23.0 Å². The number of para-hydroxylation sites is 1. The number of ether oxygens (including phenoxy) is 2. The van der Waals surface area contributed by atoms with Gasteiger partial charge in [-0.25, -0.2) is 0 Å². The van der Waals surface area contributed by atoms with Crippen molar-refractivity contribution in [1.29, 1.82) is 0 Å². The van der Waals surface area contributed by atoms with E-state index in [0.29, 0.717) is 35.8 Å². The molecule has 0 unspecified atom stereocenters. The van der Waals surface area contributed by atoms with Crippen molar-refractivity contribution < 1.29 is 19.1 Å². The van der Waals surface area contributed by atoms with Crippen LogP contribution in [0.4, 0.5) is 5.69 Å². The fraction of sp³-hybridized carbons (Fsp3) is 0.276. The summed E-state index contributed by atoms with van der Waals surface area (Å²) < 4.78 is 11.3. The SMILES string of the molecule is O=C(NC(=S)Nc1ccc(C(=O)NC2CCCCC2)cc1)c1cccc(OCCOc2ccccc2)c1. The molecule has 0 spiro atoms. The van der Waals surface area contributed by atoms with Gasteiger partial charge in [0.2, 0.25) is 0 Å². The molecule has 0 saturated heterocycles. The number of hydrogen-bond acceptors (Lipinski definition) is 5. The van der Waals surface area contributed by atoms with Gasteiger partial charge in [-0.15, -0.1) is 0 Å². The van der Waals surface area contributed by atoms with Crippen molar-refractivity contribution in [3.05, 3.63) is 90.0 Å². The molecular weight excluding hydrogens is 486 g/mol. The predicted octanol–water partition coefficient (Wildman–Crippen LogP) is 5.33. The van der Waals surface area contributed by atoms with Crippen LogP contribution < -0.4 is 25.4 Å². The highest BCUT2D eigenvalue weighted by atomic mass is 32.1. The van der Waals surface area contributed by atoms with Gasteiger partial charge in [-0.1, -0.05) is 43.5 Å². The quantitative estimate of drug-likeness (QED) is 0.263. The Labute approximate surface area is 222 Å². The van der Waals surface area contributed by atoms with Crippen LogP contribution in [0.2, 0.25) is 0 Å². The van der Waals surface area contributed by atoms with Crippen LogP contribution >= 0.6 is 12.2 Å². The first-order valence-electron chi connectivity index (χ1n) is 12.5. The molecule has 0 heterocycles. The molecule has 8 heteroatoms. The molecule has 0 bridgehead atoms. The highest BCUT2D eigenvalue weighted by Crippen LogP contribution is 2.18. The molecule has 0 aromatic heterocycles. The third-order valence-corrected chi connectivity index (χ3v) is 6.24. The van der Waals surface area contributed by atoms with Gasteiger partial charge in [-0.2, -0.15) is 0 Å². The van der Waals surface area contributed by atoms with Gasteiger partial charge in [-0.3, -0.25) is 14.9 Å². The molecule has 1 aliphatic carbocycles. The molecule has 0 aliphatic heterocycles. The van der Waals surface area contributed by atoms with E-state index in [9.17, 15) is 9.59 Å². The van der Waals surface area contributed by atoms with Crippen LogP contribution in [0.15, 0.2) is 78.9 Å². The molecule has 3 aromatic rings. The van der Waals surface area contributed by atoms with Crippen molar-refractivity contribution in [1.82, 2.24) is 10.6 Å². The third-order valence-electron chi connectivity index (χ3n) is 6.03. The van der Waals surface area contributed by atoms with Crippen LogP contribution in [0, 0.1) is 0 Å². The maximum atomic E-state index is 12.7. The van der Waals surface area contributed by atoms with Crippen molar-refractivity contribution in [2.24, 2.45) is 0 Å². The largest absolute Gasteiger partial charge is 0.490 e. The summed E-state index contributed by atoms with van der Waals surface area (Å²) in [4.78, 5) is 25.2. The van der Waals surface area contributed by atoms with Gasteiger partial charge in [0.15, 0.2) is 5.11 Å². The first-order chi connectivity index (χ1) is 18.1. The van der Waals surface area contributed by atoms with Gasteiger partial charge >= 0.3 is 0 Å². The number of carbonyl (C=O) groups excluding carboxylic acids is 2. The Bertz CT molecular complexity index is 1200. The van der Waals surface area contributed by atoms with E-state index in [1.54, 1.807) is 48.5 Å². The standard InChI is InChI=1S/C29H31N3O4S/c33-27(30-23-9-3-1-4-10-23)21-14-16-24(17-15-21)31-29(37)32-28(34)22-8-7-13-26(20-22)36-19-18-35-25-11-5-2-6-12-25/h2,5-8,11-17,20,23H,1,3-4,9-10,18-19H2,(H,30,33)(H2,31,32,34,37). The highest BCUT2D eigenvalue weighted by Gasteiger charge is 2.16. The lowest BCUT2D eigenvalue weighted by molar-refractivity contribution is 0.0926. The maximum absolute atomic E-state index is 12.7. The maximum Gasteiger partial charge on any atom is 0.257 e. The van der Waals surface area contributed by atoms with Gasteiger partial charge in [-0.05, 0) is 79.7 Å². The van der Waals surface area contributed by atoms with E-state index in [4.69, 9.17) is 21.7 Å². The van der Waals surface area contributed by atoms with Crippen molar-refractivity contribution >= 4 is 34.8 Å². The number of hydrogen-bond donors (Lipinski definition) is 3. The summed E-state index contributed by atoms with van der Waals surface area (Å²) in [6.07, 6.45) is 5.65. The minimum Gasteiger partial charge on any atom is -0.490 e. The van der Waals surface area contributed by atoms with Crippen LogP contribution in [0.5, 0.6) is 11.5 Å². The summed E-state index contributed by atoms with van der Waals surface area (Å²) in [6, 6.07) is 23.6. The fourth-order valence-electron chi connectivity index (χ4n) is 4.12. The molecular formula is C29H31N3O4S. The number of nitrogens with one attached hydrogen (secondary N) is 3. The Morgan fingerprint density at radius 3 is 2.16 bits per heavy atom. The first kappa shape index (κ1) is 26.2. The zero-order chi connectivity index (χ0) is 25.9. The second-order valence-electron chi connectivity index (χ2n) is 8.83. The van der Waals surface area contributed by atoms with Crippen molar-refractivity contribution in [3.63, 3.8) is 0 Å². The summed E-state index contributed by atoms with van der Waals surface area (Å²) in [6.45, 7) is 0.726. The van der Waals surface area contributed by atoms with E-state index in [0.717, 1.165) is 31.4 Å². The van der Waals surface area contributed by atoms with Gasteiger partial charge in [0.25, 0.3) is 11.8 Å². The van der Waals surface area contributed by atoms with E-state index in [1.165, 1.54) is 6.42 Å². The molecule has 0 atom stereocenters. The lowest BCUT2D eigenvalue weighted by Gasteiger charge is -2.22. The summed E-state index contributed by atoms with van der Waals surface area (Å²) in [7, 11) is 0. The topological polar surface area (TPSA) is 88.7 Å². The van der Waals surface area contributed by atoms with Gasteiger partial charge in [0.05, 0.1) is 0 Å². The summed E-state index contributed by atoms with van der Waals surface area (Å²) in [5.41, 5.74) is 1.69. The molecule has 1 saturated carbocycles. The Kier molecular flexibility index (Phi) is 9.48. The van der Waals surface area contributed by atoms with E-state index < -0.39 is 0 Å². The highest BCUT2D eigenvalue weighted by molar-refractivity contribution is 7.80. The molecule has 7 nitrogen and oxygen atoms in total. The number of carbonyl (C=O) groups is 2. The second kappa shape index (κ2) is 13.4. The molecule has 1 aliphatic rings. The lowest BCUT2D eigenvalue weighted by atomic mass is 9.95. The van der Waals surface area contributed by atoms with Gasteiger partial charge in [0.1, 0.15) is 24.7 Å². The average Bonchev–Trinajstić information content (AvgIpc) is 2.93. The molecule has 3 aromatic carbocycles. The molecule has 1 fully saturated rings. The predicted molar refractivity (Wildman–Crippen MR) is 148 cm³/mol. The molecule has 2 amide bonds. The molecule has 4 rings (SSSR count). The number of anilines is 1. The summed E-state index contributed by atoms with van der Waals surface area (Å²) >= 11 is 5.30. The third kappa shape index (κ3) is 8.32. The number of amides is 2. The zero-order valence-electron chi connectivity index (χ0n) is 20.6. The smallest absolute Gasteiger partial charge is 0.257 e. The molecule has 37 heavy (non-hydrogen) atoms. The second-order valence-corrected chi connectivity index (χ2v) is 9.24. The Morgan fingerprint density at radius 1 is 0.757 bits per heavy atom. The van der Waals surface area contributed by atoms with Crippen LogP contribution in [-0.4, -0.2) is 36.2 Å². The van der Waals surface area contributed by atoms with Crippen LogP contribution in [0.3, 0.4) is 0 Å². The monoisotopic (exact) mass is 517 g/mol. The number of rotatable bonds is 9. The van der Waals surface area contributed by atoms with Gasteiger partial charge < -0.3 is 20.1 Å². The van der Waals surface area contributed by atoms with Crippen molar-refractivity contribution in [3.8, 4) is 11.5 Å². The first-order valence-corrected chi connectivity index (χ1v) is 12.9. The number of benzene rings is 3. The number of thiocarbonyl (C=S) groups is 1. The lowest BCUT2D eigenvalue weighted by Crippen LogP contribution is -2.36. The molecule has 3 N–H and O–H groups in total. The summed E-state index contributed by atoms with van der Waals surface area (Å²) in [5, 5.41) is 8.92.